The number of amides is 1. The fourth-order valence-corrected chi connectivity index (χ4v) is 2.45. The summed E-state index contributed by atoms with van der Waals surface area (Å²) in [6, 6.07) is 7.49. The van der Waals surface area contributed by atoms with Gasteiger partial charge in [0.15, 0.2) is 0 Å². The van der Waals surface area contributed by atoms with E-state index in [9.17, 15) is 4.79 Å². The van der Waals surface area contributed by atoms with Crippen molar-refractivity contribution in [1.29, 1.82) is 0 Å². The summed E-state index contributed by atoms with van der Waals surface area (Å²) in [6.07, 6.45) is 0.553. The summed E-state index contributed by atoms with van der Waals surface area (Å²) < 4.78 is 5.70. The second-order valence-corrected chi connectivity index (χ2v) is 5.01. The summed E-state index contributed by atoms with van der Waals surface area (Å²) in [5.41, 5.74) is 6.97. The second-order valence-electron chi connectivity index (χ2n) is 5.01. The third-order valence-corrected chi connectivity index (χ3v) is 3.14. The normalized spacial score (nSPS) is 25.0. The van der Waals surface area contributed by atoms with Gasteiger partial charge < -0.3 is 10.5 Å². The van der Waals surface area contributed by atoms with Crippen molar-refractivity contribution < 1.29 is 9.53 Å². The Kier molecular flexibility index (Phi) is 3.99. The Morgan fingerprint density at radius 1 is 1.28 bits per heavy atom. The fourth-order valence-electron chi connectivity index (χ4n) is 2.45. The molecular formula is C14H20N2O2. The van der Waals surface area contributed by atoms with Crippen molar-refractivity contribution in [2.24, 2.45) is 5.73 Å². The minimum Gasteiger partial charge on any atom is -0.373 e. The summed E-state index contributed by atoms with van der Waals surface area (Å²) in [7, 11) is 0. The molecule has 2 atom stereocenters. The van der Waals surface area contributed by atoms with E-state index in [0.717, 1.165) is 19.6 Å². The summed E-state index contributed by atoms with van der Waals surface area (Å²) in [6.45, 7) is 6.97. The van der Waals surface area contributed by atoms with Crippen LogP contribution in [0.5, 0.6) is 0 Å². The lowest BCUT2D eigenvalue weighted by molar-refractivity contribution is -0.0704. The Morgan fingerprint density at radius 2 is 1.83 bits per heavy atom. The number of primary amides is 1. The number of nitrogens with two attached hydrogens (primary N) is 1. The van der Waals surface area contributed by atoms with Crippen LogP contribution in [0.25, 0.3) is 0 Å². The van der Waals surface area contributed by atoms with Gasteiger partial charge in [0.2, 0.25) is 5.91 Å². The second kappa shape index (κ2) is 5.50. The molecule has 0 saturated carbocycles. The molecule has 1 amide bonds. The zero-order chi connectivity index (χ0) is 13.1. The lowest BCUT2D eigenvalue weighted by Gasteiger charge is -2.35. The van der Waals surface area contributed by atoms with E-state index in [1.54, 1.807) is 12.1 Å². The molecule has 1 aliphatic rings. The van der Waals surface area contributed by atoms with Crippen molar-refractivity contribution in [1.82, 2.24) is 4.90 Å². The zero-order valence-electron chi connectivity index (χ0n) is 10.9. The fraction of sp³-hybridized carbons (Fsp3) is 0.500. The van der Waals surface area contributed by atoms with Crippen LogP contribution in [0.1, 0.15) is 29.8 Å². The summed E-state index contributed by atoms with van der Waals surface area (Å²) >= 11 is 0. The largest absolute Gasteiger partial charge is 0.373 e. The Hall–Kier alpha value is -1.39. The first kappa shape index (κ1) is 13.1. The molecule has 2 N–H and O–H groups in total. The number of hydrogen-bond donors (Lipinski definition) is 1. The van der Waals surface area contributed by atoms with Gasteiger partial charge in [-0.15, -0.1) is 0 Å². The predicted octanol–water partition coefficient (Wildman–Crippen LogP) is 1.39. The van der Waals surface area contributed by atoms with E-state index in [1.165, 1.54) is 5.56 Å². The summed E-state index contributed by atoms with van der Waals surface area (Å²) in [5.74, 6) is -0.379. The van der Waals surface area contributed by atoms with Crippen molar-refractivity contribution in [2.45, 2.75) is 32.6 Å². The van der Waals surface area contributed by atoms with Crippen LogP contribution in [0, 0.1) is 0 Å². The van der Waals surface area contributed by atoms with Crippen LogP contribution >= 0.6 is 0 Å². The van der Waals surface area contributed by atoms with E-state index >= 15 is 0 Å². The quantitative estimate of drug-likeness (QED) is 0.879. The number of benzene rings is 1. The van der Waals surface area contributed by atoms with Gasteiger partial charge in [0, 0.05) is 25.2 Å². The average Bonchev–Trinajstić information content (AvgIpc) is 2.28. The average molecular weight is 248 g/mol. The maximum absolute atomic E-state index is 11.0. The lowest BCUT2D eigenvalue weighted by atomic mass is 10.1. The molecule has 1 fully saturated rings. The molecule has 2 rings (SSSR count). The third kappa shape index (κ3) is 3.31. The Balaban J connectivity index is 1.98. The van der Waals surface area contributed by atoms with Gasteiger partial charge in [-0.25, -0.2) is 0 Å². The number of morpholine rings is 1. The molecule has 1 aromatic carbocycles. The highest BCUT2D eigenvalue weighted by atomic mass is 16.5. The first-order valence-corrected chi connectivity index (χ1v) is 6.31. The Morgan fingerprint density at radius 3 is 2.33 bits per heavy atom. The first-order chi connectivity index (χ1) is 8.54. The minimum atomic E-state index is -0.379. The maximum atomic E-state index is 11.0. The number of carbonyl (C=O) groups excluding carboxylic acids is 1. The van der Waals surface area contributed by atoms with E-state index < -0.39 is 0 Å². The molecule has 1 aromatic rings. The SMILES string of the molecule is C[C@@H]1CN(Cc2ccc(C(N)=O)cc2)C[C@H](C)O1. The van der Waals surface area contributed by atoms with E-state index in [4.69, 9.17) is 10.5 Å². The highest BCUT2D eigenvalue weighted by Gasteiger charge is 2.21. The molecule has 0 unspecified atom stereocenters. The molecule has 4 nitrogen and oxygen atoms in total. The van der Waals surface area contributed by atoms with Gasteiger partial charge in [0.25, 0.3) is 0 Å². The lowest BCUT2D eigenvalue weighted by Crippen LogP contribution is -2.44. The summed E-state index contributed by atoms with van der Waals surface area (Å²) in [4.78, 5) is 13.4. The summed E-state index contributed by atoms with van der Waals surface area (Å²) in [5, 5.41) is 0. The molecule has 0 radical (unpaired) electrons. The van der Waals surface area contributed by atoms with Crippen molar-refractivity contribution in [3.8, 4) is 0 Å². The molecule has 98 valence electrons. The third-order valence-electron chi connectivity index (χ3n) is 3.14. The van der Waals surface area contributed by atoms with Crippen LogP contribution in [0.2, 0.25) is 0 Å². The molecule has 1 aliphatic heterocycles. The number of rotatable bonds is 3. The van der Waals surface area contributed by atoms with Gasteiger partial charge in [-0.1, -0.05) is 12.1 Å². The van der Waals surface area contributed by atoms with Crippen LogP contribution in [-0.4, -0.2) is 36.1 Å². The molecule has 0 spiro atoms. The van der Waals surface area contributed by atoms with Gasteiger partial charge in [-0.2, -0.15) is 0 Å². The van der Waals surface area contributed by atoms with Crippen LogP contribution in [0.4, 0.5) is 0 Å². The van der Waals surface area contributed by atoms with Crippen LogP contribution in [0.3, 0.4) is 0 Å². The van der Waals surface area contributed by atoms with Crippen molar-refractivity contribution in [3.63, 3.8) is 0 Å². The zero-order valence-corrected chi connectivity index (χ0v) is 10.9. The number of carbonyl (C=O) groups is 1. The van der Waals surface area contributed by atoms with E-state index in [-0.39, 0.29) is 18.1 Å². The van der Waals surface area contributed by atoms with Crippen molar-refractivity contribution in [2.75, 3.05) is 13.1 Å². The van der Waals surface area contributed by atoms with Gasteiger partial charge >= 0.3 is 0 Å². The van der Waals surface area contributed by atoms with E-state index in [0.29, 0.717) is 5.56 Å². The van der Waals surface area contributed by atoms with E-state index in [1.807, 2.05) is 12.1 Å². The molecule has 4 heteroatoms. The monoisotopic (exact) mass is 248 g/mol. The highest BCUT2D eigenvalue weighted by molar-refractivity contribution is 5.92. The molecular weight excluding hydrogens is 228 g/mol. The Labute approximate surface area is 108 Å². The van der Waals surface area contributed by atoms with Crippen molar-refractivity contribution >= 4 is 5.91 Å². The van der Waals surface area contributed by atoms with Gasteiger partial charge in [-0.3, -0.25) is 9.69 Å². The number of ether oxygens (including phenoxy) is 1. The first-order valence-electron chi connectivity index (χ1n) is 6.31. The number of hydrogen-bond acceptors (Lipinski definition) is 3. The van der Waals surface area contributed by atoms with Gasteiger partial charge in [0.1, 0.15) is 0 Å². The highest BCUT2D eigenvalue weighted by Crippen LogP contribution is 2.14. The van der Waals surface area contributed by atoms with E-state index in [2.05, 4.69) is 18.7 Å². The van der Waals surface area contributed by atoms with Gasteiger partial charge in [0.05, 0.1) is 12.2 Å². The minimum absolute atomic E-state index is 0.277. The molecule has 1 saturated heterocycles. The topological polar surface area (TPSA) is 55.6 Å². The maximum Gasteiger partial charge on any atom is 0.248 e. The smallest absolute Gasteiger partial charge is 0.248 e. The number of nitrogens with zero attached hydrogens (tertiary/aromatic N) is 1. The predicted molar refractivity (Wildman–Crippen MR) is 70.2 cm³/mol. The molecule has 18 heavy (non-hydrogen) atoms. The molecule has 0 aromatic heterocycles. The van der Waals surface area contributed by atoms with Crippen LogP contribution in [0.15, 0.2) is 24.3 Å². The Bertz CT molecular complexity index is 406. The molecule has 0 aliphatic carbocycles. The van der Waals surface area contributed by atoms with Crippen molar-refractivity contribution in [3.05, 3.63) is 35.4 Å². The molecule has 0 bridgehead atoms. The standard InChI is InChI=1S/C14H20N2O2/c1-10-7-16(8-11(2)18-10)9-12-3-5-13(6-4-12)14(15)17/h3-6,10-11H,7-9H2,1-2H3,(H2,15,17)/t10-,11+. The van der Waals surface area contributed by atoms with Crippen LogP contribution < -0.4 is 5.73 Å². The molecule has 1 heterocycles. The van der Waals surface area contributed by atoms with Gasteiger partial charge in [-0.05, 0) is 31.5 Å². The van der Waals surface area contributed by atoms with Crippen LogP contribution in [-0.2, 0) is 11.3 Å².